The molecule has 3 aromatic carbocycles. The lowest BCUT2D eigenvalue weighted by atomic mass is 9.54. The van der Waals surface area contributed by atoms with Crippen LogP contribution in [0, 0.1) is 17.8 Å². The Morgan fingerprint density at radius 2 is 1.30 bits per heavy atom. The lowest BCUT2D eigenvalue weighted by molar-refractivity contribution is -0.148. The van der Waals surface area contributed by atoms with Crippen molar-refractivity contribution in [1.29, 1.82) is 0 Å². The Balaban J connectivity index is 1.33. The van der Waals surface area contributed by atoms with Gasteiger partial charge in [0, 0.05) is 5.69 Å². The Labute approximate surface area is 260 Å². The van der Waals surface area contributed by atoms with Crippen LogP contribution in [0.5, 0.6) is 0 Å². The first-order valence-electron chi connectivity index (χ1n) is 14.6. The molecule has 1 saturated heterocycles. The summed E-state index contributed by atoms with van der Waals surface area (Å²) in [4.78, 5) is 53.2. The number of imide groups is 1. The molecule has 43 heavy (non-hydrogen) atoms. The van der Waals surface area contributed by atoms with Crippen molar-refractivity contribution in [2.45, 2.75) is 49.4 Å². The lowest BCUT2D eigenvalue weighted by Crippen LogP contribution is -2.57. The molecule has 3 aromatic rings. The van der Waals surface area contributed by atoms with E-state index in [1.54, 1.807) is 38.1 Å². The number of unbranched alkanes of at least 4 members (excludes halogenated alkanes) is 1. The van der Waals surface area contributed by atoms with E-state index in [0.717, 1.165) is 17.7 Å². The smallest absolute Gasteiger partial charge is 0.338 e. The van der Waals surface area contributed by atoms with Crippen molar-refractivity contribution in [2.75, 3.05) is 11.9 Å². The highest BCUT2D eigenvalue weighted by Crippen LogP contribution is 2.69. The van der Waals surface area contributed by atoms with Crippen LogP contribution in [0.2, 0.25) is 0 Å². The summed E-state index contributed by atoms with van der Waals surface area (Å²) >= 11 is 15.0. The van der Waals surface area contributed by atoms with Gasteiger partial charge in [-0.15, -0.1) is 23.2 Å². The number of hydrogen-bond donors (Lipinski definition) is 1. The molecule has 0 saturated carbocycles. The highest BCUT2D eigenvalue weighted by Gasteiger charge is 2.73. The molecule has 4 aliphatic rings. The highest BCUT2D eigenvalue weighted by molar-refractivity contribution is 6.36. The van der Waals surface area contributed by atoms with E-state index in [-0.39, 0.29) is 0 Å². The van der Waals surface area contributed by atoms with Gasteiger partial charge in [-0.05, 0) is 58.9 Å². The third-order valence-corrected chi connectivity index (χ3v) is 10.2. The Morgan fingerprint density at radius 3 is 1.72 bits per heavy atom. The Morgan fingerprint density at radius 1 is 0.837 bits per heavy atom. The van der Waals surface area contributed by atoms with E-state index in [1.165, 1.54) is 0 Å². The van der Waals surface area contributed by atoms with Gasteiger partial charge in [-0.2, -0.15) is 0 Å². The van der Waals surface area contributed by atoms with Crippen molar-refractivity contribution >= 4 is 52.6 Å². The Kier molecular flexibility index (Phi) is 7.38. The number of nitrogens with one attached hydrogen (secondary N) is 1. The van der Waals surface area contributed by atoms with E-state index in [1.807, 2.05) is 55.5 Å². The van der Waals surface area contributed by atoms with Gasteiger partial charge in [0.25, 0.3) is 0 Å². The molecule has 222 valence electrons. The molecular weight excluding hydrogens is 587 g/mol. The van der Waals surface area contributed by atoms with E-state index >= 15 is 0 Å². The number of halogens is 2. The minimum Gasteiger partial charge on any atom is -0.462 e. The second-order valence-electron chi connectivity index (χ2n) is 11.8. The van der Waals surface area contributed by atoms with Gasteiger partial charge in [-0.3, -0.25) is 19.3 Å². The Bertz CT molecular complexity index is 1510. The molecule has 1 aliphatic heterocycles. The lowest BCUT2D eigenvalue weighted by Gasteiger charge is -2.54. The minimum atomic E-state index is -1.32. The van der Waals surface area contributed by atoms with Crippen molar-refractivity contribution in [3.05, 3.63) is 101 Å². The fourth-order valence-corrected chi connectivity index (χ4v) is 8.08. The fourth-order valence-electron chi connectivity index (χ4n) is 6.98. The van der Waals surface area contributed by atoms with Gasteiger partial charge >= 0.3 is 5.97 Å². The number of carbonyl (C=O) groups excluding carboxylic acids is 4. The predicted octanol–water partition coefficient (Wildman–Crippen LogP) is 6.20. The van der Waals surface area contributed by atoms with Gasteiger partial charge in [-0.1, -0.05) is 75.7 Å². The summed E-state index contributed by atoms with van der Waals surface area (Å²) in [5, 5.41) is 2.83. The summed E-state index contributed by atoms with van der Waals surface area (Å²) in [6.07, 6.45) is 1.69. The van der Waals surface area contributed by atoms with E-state index < -0.39 is 57.2 Å². The van der Waals surface area contributed by atoms with Crippen molar-refractivity contribution < 1.29 is 23.9 Å². The average molecular weight is 620 g/mol. The molecule has 0 aromatic heterocycles. The van der Waals surface area contributed by atoms with Crippen molar-refractivity contribution in [2.24, 2.45) is 17.8 Å². The zero-order valence-electron chi connectivity index (χ0n) is 24.1. The Hall–Kier alpha value is -3.68. The van der Waals surface area contributed by atoms with Crippen molar-refractivity contribution in [1.82, 2.24) is 4.90 Å². The number of amides is 3. The maximum Gasteiger partial charge on any atom is 0.338 e. The summed E-state index contributed by atoms with van der Waals surface area (Å²) in [6.45, 7) is 5.92. The fraction of sp³-hybridized carbons (Fsp3) is 0.353. The first-order chi connectivity index (χ1) is 20.6. The number of hydrogen-bond acceptors (Lipinski definition) is 5. The number of benzene rings is 3. The van der Waals surface area contributed by atoms with E-state index in [9.17, 15) is 19.2 Å². The van der Waals surface area contributed by atoms with E-state index in [4.69, 9.17) is 27.9 Å². The number of carbonyl (C=O) groups is 4. The van der Waals surface area contributed by atoms with Gasteiger partial charge < -0.3 is 10.1 Å². The topological polar surface area (TPSA) is 92.8 Å². The summed E-state index contributed by atoms with van der Waals surface area (Å²) < 4.78 is 5.25. The van der Waals surface area contributed by atoms with Crippen LogP contribution in [0.15, 0.2) is 72.8 Å². The van der Waals surface area contributed by atoms with E-state index in [2.05, 4.69) is 5.32 Å². The molecule has 7 nitrogen and oxygen atoms in total. The van der Waals surface area contributed by atoms with Crippen molar-refractivity contribution in [3.8, 4) is 0 Å². The molecule has 1 heterocycles. The standard InChI is InChI=1S/C34H32Cl2N2O5/c1-4-5-18-43-32(42)20-14-16-21(17-15-20)37-29(39)28(19(2)3)38-30(40)26-27(31(38)41)34(36)23-11-7-6-10-22(23)33(26,35)24-12-8-9-13-25(24)34/h6-17,19,26-28H,4-5,18H2,1-3H3,(H,37,39)/t26-,27+,28-,33?,34?/m0/s1. The number of likely N-dealkylation sites (tertiary alicyclic amines) is 1. The van der Waals surface area contributed by atoms with Crippen LogP contribution in [0.1, 0.15) is 66.2 Å². The molecule has 1 fully saturated rings. The van der Waals surface area contributed by atoms with Gasteiger partial charge in [-0.25, -0.2) is 4.79 Å². The SMILES string of the molecule is CCCCOC(=O)c1ccc(NC(=O)[C@H](C(C)C)N2C(=O)[C@@H]3[C@H](C2=O)C2(Cl)c4ccccc4C3(Cl)c3ccccc32)cc1. The van der Waals surface area contributed by atoms with Crippen LogP contribution in [-0.2, 0) is 28.9 Å². The van der Waals surface area contributed by atoms with Crippen LogP contribution in [0.4, 0.5) is 5.69 Å². The summed E-state index contributed by atoms with van der Waals surface area (Å²) in [5.74, 6) is -4.39. The number of alkyl halides is 2. The molecule has 7 rings (SSSR count). The second-order valence-corrected chi connectivity index (χ2v) is 13.0. The number of esters is 1. The van der Waals surface area contributed by atoms with Gasteiger partial charge in [0.1, 0.15) is 15.8 Å². The van der Waals surface area contributed by atoms with Crippen LogP contribution in [0.3, 0.4) is 0 Å². The van der Waals surface area contributed by atoms with Crippen molar-refractivity contribution in [3.63, 3.8) is 0 Å². The van der Waals surface area contributed by atoms with Crippen LogP contribution < -0.4 is 5.32 Å². The van der Waals surface area contributed by atoms with Gasteiger partial charge in [0.2, 0.25) is 17.7 Å². The zero-order chi connectivity index (χ0) is 30.7. The number of rotatable bonds is 8. The maximum atomic E-state index is 14.4. The molecule has 3 atom stereocenters. The number of nitrogens with zero attached hydrogens (tertiary/aromatic N) is 1. The molecule has 0 unspecified atom stereocenters. The third-order valence-electron chi connectivity index (χ3n) is 8.92. The van der Waals surface area contributed by atoms with E-state index in [0.29, 0.717) is 40.1 Å². The van der Waals surface area contributed by atoms with Crippen LogP contribution in [0.25, 0.3) is 0 Å². The van der Waals surface area contributed by atoms with Crippen LogP contribution >= 0.6 is 23.2 Å². The molecule has 9 heteroatoms. The number of anilines is 1. The molecular formula is C34H32Cl2N2O5. The zero-order valence-corrected chi connectivity index (χ0v) is 25.6. The molecule has 0 radical (unpaired) electrons. The quantitative estimate of drug-likeness (QED) is 0.140. The summed E-state index contributed by atoms with van der Waals surface area (Å²) in [5.41, 5.74) is 3.58. The number of ether oxygens (including phenoxy) is 1. The minimum absolute atomic E-state index is 0.340. The van der Waals surface area contributed by atoms with Gasteiger partial charge in [0.15, 0.2) is 0 Å². The summed E-state index contributed by atoms with van der Waals surface area (Å²) in [6, 6.07) is 20.0. The second kappa shape index (κ2) is 10.8. The first-order valence-corrected chi connectivity index (χ1v) is 15.3. The predicted molar refractivity (Wildman–Crippen MR) is 164 cm³/mol. The molecule has 3 aliphatic carbocycles. The average Bonchev–Trinajstić information content (AvgIpc) is 3.27. The molecule has 2 bridgehead atoms. The molecule has 1 N–H and O–H groups in total. The monoisotopic (exact) mass is 618 g/mol. The summed E-state index contributed by atoms with van der Waals surface area (Å²) in [7, 11) is 0. The molecule has 3 amide bonds. The largest absolute Gasteiger partial charge is 0.462 e. The van der Waals surface area contributed by atoms with Crippen LogP contribution in [-0.4, -0.2) is 41.2 Å². The van der Waals surface area contributed by atoms with Gasteiger partial charge in [0.05, 0.1) is 24.0 Å². The third kappa shape index (κ3) is 4.23. The maximum absolute atomic E-state index is 14.4. The normalized spacial score (nSPS) is 25.7. The molecule has 0 spiro atoms. The highest BCUT2D eigenvalue weighted by atomic mass is 35.5. The first kappa shape index (κ1) is 29.4.